The molecular weight excluding hydrogens is 503 g/mol. The molecule has 0 aliphatic rings. The van der Waals surface area contributed by atoms with E-state index in [1.807, 2.05) is 36.2 Å². The van der Waals surface area contributed by atoms with E-state index in [1.165, 1.54) is 18.4 Å². The maximum absolute atomic E-state index is 12.1. The highest BCUT2D eigenvalue weighted by Gasteiger charge is 2.16. The van der Waals surface area contributed by atoms with E-state index in [0.717, 1.165) is 22.8 Å². The summed E-state index contributed by atoms with van der Waals surface area (Å²) in [6.07, 6.45) is 0. The number of halogens is 1. The number of benzene rings is 2. The van der Waals surface area contributed by atoms with Crippen LogP contribution in [0.3, 0.4) is 0 Å². The molecule has 1 N–H and O–H groups in total. The van der Waals surface area contributed by atoms with E-state index in [2.05, 4.69) is 10.3 Å². The van der Waals surface area contributed by atoms with Crippen molar-refractivity contribution in [3.8, 4) is 5.75 Å². The van der Waals surface area contributed by atoms with Crippen LogP contribution in [0.25, 0.3) is 0 Å². The van der Waals surface area contributed by atoms with Gasteiger partial charge in [0, 0.05) is 41.3 Å². The summed E-state index contributed by atoms with van der Waals surface area (Å²) in [4.78, 5) is 6.62. The molecule has 2 aromatic rings. The molecule has 29 heavy (non-hydrogen) atoms. The average molecular weight is 532 g/mol. The van der Waals surface area contributed by atoms with Crippen LogP contribution in [0.15, 0.2) is 58.4 Å². The van der Waals surface area contributed by atoms with Crippen molar-refractivity contribution in [1.29, 1.82) is 0 Å². The van der Waals surface area contributed by atoms with Gasteiger partial charge in [0.2, 0.25) is 10.0 Å². The van der Waals surface area contributed by atoms with Gasteiger partial charge < -0.3 is 15.0 Å². The largest absolute Gasteiger partial charge is 0.497 e. The van der Waals surface area contributed by atoms with Gasteiger partial charge in [0.1, 0.15) is 5.75 Å². The summed E-state index contributed by atoms with van der Waals surface area (Å²) < 4.78 is 30.7. The van der Waals surface area contributed by atoms with Crippen molar-refractivity contribution in [3.05, 3.63) is 59.7 Å². The highest BCUT2D eigenvalue weighted by Crippen LogP contribution is 2.15. The maximum atomic E-state index is 12.1. The number of hydrogen-bond acceptors (Lipinski definition) is 4. The zero-order valence-electron chi connectivity index (χ0n) is 17.4. The Morgan fingerprint density at radius 3 is 2.03 bits per heavy atom. The molecule has 2 aromatic carbocycles. The first-order valence-electron chi connectivity index (χ1n) is 8.84. The molecular formula is C20H29IN4O3S. The molecule has 0 saturated carbocycles. The number of nitrogens with one attached hydrogen (secondary N) is 1. The lowest BCUT2D eigenvalue weighted by Gasteiger charge is -2.22. The number of ether oxygens (including phenoxy) is 1. The fourth-order valence-electron chi connectivity index (χ4n) is 2.64. The minimum atomic E-state index is -3.41. The Bertz CT molecular complexity index is 898. The van der Waals surface area contributed by atoms with Crippen LogP contribution in [-0.2, 0) is 23.1 Å². The lowest BCUT2D eigenvalue weighted by atomic mass is 10.2. The second kappa shape index (κ2) is 11.4. The first-order chi connectivity index (χ1) is 13.3. The average Bonchev–Trinajstić information content (AvgIpc) is 2.69. The summed E-state index contributed by atoms with van der Waals surface area (Å²) in [5, 5.41) is 3.30. The molecule has 0 aromatic heterocycles. The predicted octanol–water partition coefficient (Wildman–Crippen LogP) is 2.77. The molecule has 0 heterocycles. The highest BCUT2D eigenvalue weighted by molar-refractivity contribution is 14.0. The third kappa shape index (κ3) is 6.86. The Balaban J connectivity index is 0.00000420. The van der Waals surface area contributed by atoms with Crippen LogP contribution >= 0.6 is 24.0 Å². The minimum Gasteiger partial charge on any atom is -0.497 e. The smallest absolute Gasteiger partial charge is 0.242 e. The van der Waals surface area contributed by atoms with Crippen molar-refractivity contribution in [2.24, 2.45) is 4.99 Å². The first kappa shape index (κ1) is 25.2. The van der Waals surface area contributed by atoms with Gasteiger partial charge in [0.25, 0.3) is 0 Å². The van der Waals surface area contributed by atoms with Gasteiger partial charge in [-0.3, -0.25) is 4.99 Å². The van der Waals surface area contributed by atoms with Gasteiger partial charge in [-0.05, 0) is 35.4 Å². The Kier molecular flexibility index (Phi) is 9.87. The Labute approximate surface area is 190 Å². The van der Waals surface area contributed by atoms with Gasteiger partial charge in [0.15, 0.2) is 5.96 Å². The van der Waals surface area contributed by atoms with E-state index >= 15 is 0 Å². The first-order valence-corrected chi connectivity index (χ1v) is 10.3. The molecule has 0 radical (unpaired) electrons. The van der Waals surface area contributed by atoms with Crippen molar-refractivity contribution in [1.82, 2.24) is 14.5 Å². The Hall–Kier alpha value is -1.85. The van der Waals surface area contributed by atoms with Crippen LogP contribution in [0.2, 0.25) is 0 Å². The number of methoxy groups -OCH3 is 1. The molecule has 0 fully saturated rings. The molecule has 0 amide bonds. The second-order valence-corrected chi connectivity index (χ2v) is 8.69. The Morgan fingerprint density at radius 1 is 1.00 bits per heavy atom. The summed E-state index contributed by atoms with van der Waals surface area (Å²) in [7, 11) is 4.98. The molecule has 0 unspecified atom stereocenters. The monoisotopic (exact) mass is 532 g/mol. The van der Waals surface area contributed by atoms with Crippen LogP contribution in [0.1, 0.15) is 11.1 Å². The molecule has 0 saturated heterocycles. The van der Waals surface area contributed by atoms with Crippen LogP contribution in [-0.4, -0.2) is 58.9 Å². The zero-order chi connectivity index (χ0) is 20.7. The van der Waals surface area contributed by atoms with Crippen molar-refractivity contribution < 1.29 is 13.2 Å². The third-order valence-electron chi connectivity index (χ3n) is 4.30. The quantitative estimate of drug-likeness (QED) is 0.338. The lowest BCUT2D eigenvalue weighted by Crippen LogP contribution is -2.38. The maximum Gasteiger partial charge on any atom is 0.242 e. The molecule has 0 aliphatic heterocycles. The van der Waals surface area contributed by atoms with Gasteiger partial charge in [0.05, 0.1) is 12.0 Å². The van der Waals surface area contributed by atoms with E-state index in [0.29, 0.717) is 13.1 Å². The van der Waals surface area contributed by atoms with Crippen LogP contribution in [0.5, 0.6) is 5.75 Å². The third-order valence-corrected chi connectivity index (χ3v) is 6.13. The summed E-state index contributed by atoms with van der Waals surface area (Å²) in [5.41, 5.74) is 2.11. The van der Waals surface area contributed by atoms with Crippen molar-refractivity contribution >= 4 is 40.0 Å². The van der Waals surface area contributed by atoms with E-state index in [-0.39, 0.29) is 28.9 Å². The van der Waals surface area contributed by atoms with E-state index in [1.54, 1.807) is 38.4 Å². The fourth-order valence-corrected chi connectivity index (χ4v) is 3.54. The van der Waals surface area contributed by atoms with Gasteiger partial charge in [-0.1, -0.05) is 24.3 Å². The number of aliphatic imine (C=N–C) groups is 1. The van der Waals surface area contributed by atoms with Crippen molar-refractivity contribution in [2.75, 3.05) is 35.3 Å². The number of guanidine groups is 1. The van der Waals surface area contributed by atoms with Crippen LogP contribution in [0, 0.1) is 0 Å². The topological polar surface area (TPSA) is 74.2 Å². The van der Waals surface area contributed by atoms with E-state index < -0.39 is 10.0 Å². The van der Waals surface area contributed by atoms with E-state index in [4.69, 9.17) is 4.74 Å². The molecule has 7 nitrogen and oxygen atoms in total. The van der Waals surface area contributed by atoms with Crippen LogP contribution in [0.4, 0.5) is 0 Å². The number of sulfonamides is 1. The van der Waals surface area contributed by atoms with Crippen molar-refractivity contribution in [2.45, 2.75) is 18.0 Å². The van der Waals surface area contributed by atoms with E-state index in [9.17, 15) is 8.42 Å². The molecule has 0 atom stereocenters. The summed E-state index contributed by atoms with van der Waals surface area (Å²) in [6, 6.07) is 14.8. The number of hydrogen-bond donors (Lipinski definition) is 1. The molecule has 160 valence electrons. The van der Waals surface area contributed by atoms with Crippen molar-refractivity contribution in [3.63, 3.8) is 0 Å². The SMILES string of the molecule is CN=C(NCc1ccc(S(=O)(=O)N(C)C)cc1)N(C)Cc1ccc(OC)cc1.I. The molecule has 0 spiro atoms. The molecule has 2 rings (SSSR count). The zero-order valence-corrected chi connectivity index (χ0v) is 20.6. The standard InChI is InChI=1S/C20H28N4O3S.HI/c1-21-20(24(4)15-17-6-10-18(27-5)11-7-17)22-14-16-8-12-19(13-9-16)28(25,26)23(2)3;/h6-13H,14-15H2,1-5H3,(H,21,22);1H. The summed E-state index contributed by atoms with van der Waals surface area (Å²) in [6.45, 7) is 1.24. The minimum absolute atomic E-state index is 0. The van der Waals surface area contributed by atoms with Gasteiger partial charge >= 0.3 is 0 Å². The number of rotatable bonds is 7. The predicted molar refractivity (Wildman–Crippen MR) is 127 cm³/mol. The number of nitrogens with zero attached hydrogens (tertiary/aromatic N) is 3. The molecule has 0 bridgehead atoms. The molecule has 0 aliphatic carbocycles. The summed E-state index contributed by atoms with van der Waals surface area (Å²) in [5.74, 6) is 1.58. The molecule has 9 heteroatoms. The second-order valence-electron chi connectivity index (χ2n) is 6.54. The lowest BCUT2D eigenvalue weighted by molar-refractivity contribution is 0.414. The highest BCUT2D eigenvalue weighted by atomic mass is 127. The fraction of sp³-hybridized carbons (Fsp3) is 0.350. The normalized spacial score (nSPS) is 11.7. The van der Waals surface area contributed by atoms with Gasteiger partial charge in [-0.2, -0.15) is 0 Å². The summed E-state index contributed by atoms with van der Waals surface area (Å²) >= 11 is 0. The Morgan fingerprint density at radius 2 is 1.55 bits per heavy atom. The van der Waals surface area contributed by atoms with Gasteiger partial charge in [-0.25, -0.2) is 12.7 Å². The van der Waals surface area contributed by atoms with Gasteiger partial charge in [-0.15, -0.1) is 24.0 Å². The van der Waals surface area contributed by atoms with Crippen LogP contribution < -0.4 is 10.1 Å².